The molecule has 0 bridgehead atoms. The van der Waals surface area contributed by atoms with Gasteiger partial charge in [-0.25, -0.2) is 8.42 Å². The normalized spacial score (nSPS) is 21.8. The predicted molar refractivity (Wildman–Crippen MR) is 75.7 cm³/mol. The molecule has 7 heteroatoms. The Morgan fingerprint density at radius 3 is 2.48 bits per heavy atom. The molecule has 0 aromatic heterocycles. The van der Waals surface area contributed by atoms with Crippen molar-refractivity contribution in [3.05, 3.63) is 35.9 Å². The van der Waals surface area contributed by atoms with Crippen LogP contribution in [0.4, 0.5) is 0 Å². The highest BCUT2D eigenvalue weighted by Gasteiger charge is 2.50. The number of rotatable bonds is 5. The van der Waals surface area contributed by atoms with E-state index in [-0.39, 0.29) is 19.1 Å². The largest absolute Gasteiger partial charge is 0.459 e. The van der Waals surface area contributed by atoms with Gasteiger partial charge in [0.15, 0.2) is 9.84 Å². The molecule has 2 atom stereocenters. The van der Waals surface area contributed by atoms with Crippen LogP contribution in [-0.4, -0.2) is 43.4 Å². The van der Waals surface area contributed by atoms with E-state index in [1.807, 2.05) is 30.3 Å². The van der Waals surface area contributed by atoms with Crippen LogP contribution in [0.1, 0.15) is 12.5 Å². The molecule has 0 N–H and O–H groups in total. The summed E-state index contributed by atoms with van der Waals surface area (Å²) in [5.41, 5.74) is 0.828. The third-order valence-corrected chi connectivity index (χ3v) is 4.93. The van der Waals surface area contributed by atoms with Crippen molar-refractivity contribution in [1.29, 1.82) is 0 Å². The van der Waals surface area contributed by atoms with E-state index in [1.165, 1.54) is 0 Å². The number of β-lactam (4-membered cyclic amide) rings is 1. The molecule has 21 heavy (non-hydrogen) atoms. The molecule has 6 nitrogen and oxygen atoms in total. The maximum atomic E-state index is 11.7. The second-order valence-corrected chi connectivity index (χ2v) is 7.26. The molecule has 0 radical (unpaired) electrons. The number of carbonyl (C=O) groups excluding carboxylic acids is 2. The third kappa shape index (κ3) is 3.41. The van der Waals surface area contributed by atoms with E-state index in [4.69, 9.17) is 4.74 Å². The molecule has 0 aliphatic carbocycles. The van der Waals surface area contributed by atoms with Gasteiger partial charge in [0.05, 0.1) is 5.92 Å². The molecule has 1 aromatic carbocycles. The average molecular weight is 311 g/mol. The summed E-state index contributed by atoms with van der Waals surface area (Å²) >= 11 is 0. The minimum Gasteiger partial charge on any atom is -0.459 e. The topological polar surface area (TPSA) is 80.8 Å². The fourth-order valence-electron chi connectivity index (χ4n) is 2.39. The monoisotopic (exact) mass is 311 g/mol. The first-order valence-electron chi connectivity index (χ1n) is 6.49. The maximum Gasteiger partial charge on any atom is 0.326 e. The number of esters is 1. The number of nitrogens with zero attached hydrogens (tertiary/aromatic N) is 1. The number of ether oxygens (including phenoxy) is 1. The van der Waals surface area contributed by atoms with E-state index in [2.05, 4.69) is 0 Å². The van der Waals surface area contributed by atoms with Gasteiger partial charge in [0.2, 0.25) is 5.91 Å². The van der Waals surface area contributed by atoms with Gasteiger partial charge in [-0.15, -0.1) is 0 Å². The molecule has 2 rings (SSSR count). The van der Waals surface area contributed by atoms with Crippen molar-refractivity contribution in [2.75, 3.05) is 12.8 Å². The van der Waals surface area contributed by atoms with E-state index < -0.39 is 27.1 Å². The van der Waals surface area contributed by atoms with Gasteiger partial charge < -0.3 is 9.64 Å². The zero-order valence-corrected chi connectivity index (χ0v) is 12.7. The van der Waals surface area contributed by atoms with Crippen LogP contribution in [0.25, 0.3) is 0 Å². The quantitative estimate of drug-likeness (QED) is 0.587. The molecule has 0 unspecified atom stereocenters. The first kappa shape index (κ1) is 15.5. The summed E-state index contributed by atoms with van der Waals surface area (Å²) in [5.74, 6) is -1.57. The molecule has 1 saturated heterocycles. The number of sulfone groups is 1. The fourth-order valence-corrected chi connectivity index (χ4v) is 3.89. The lowest BCUT2D eigenvalue weighted by Crippen LogP contribution is -2.64. The SMILES string of the molecule is C[C@@H]1C(=O)N(CC(=O)OCc2ccccc2)[C@H]1S(C)(=O)=O. The van der Waals surface area contributed by atoms with Crippen molar-refractivity contribution < 1.29 is 22.7 Å². The van der Waals surface area contributed by atoms with Gasteiger partial charge in [0, 0.05) is 6.26 Å². The summed E-state index contributed by atoms with van der Waals surface area (Å²) in [7, 11) is -3.41. The Kier molecular flexibility index (Phi) is 4.32. The summed E-state index contributed by atoms with van der Waals surface area (Å²) < 4.78 is 28.2. The molecular weight excluding hydrogens is 294 g/mol. The second kappa shape index (κ2) is 5.85. The summed E-state index contributed by atoms with van der Waals surface area (Å²) in [5, 5.41) is -0.936. The van der Waals surface area contributed by atoms with Gasteiger partial charge in [-0.1, -0.05) is 37.3 Å². The van der Waals surface area contributed by atoms with Gasteiger partial charge in [-0.05, 0) is 5.56 Å². The first-order valence-corrected chi connectivity index (χ1v) is 8.45. The number of likely N-dealkylation sites (tertiary alicyclic amines) is 1. The zero-order chi connectivity index (χ0) is 15.6. The Morgan fingerprint density at radius 1 is 1.29 bits per heavy atom. The highest BCUT2D eigenvalue weighted by atomic mass is 32.2. The molecule has 1 heterocycles. The Bertz CT molecular complexity index is 641. The smallest absolute Gasteiger partial charge is 0.326 e. The molecule has 114 valence electrons. The van der Waals surface area contributed by atoms with Crippen molar-refractivity contribution in [1.82, 2.24) is 4.90 Å². The highest BCUT2D eigenvalue weighted by Crippen LogP contribution is 2.29. The summed E-state index contributed by atoms with van der Waals surface area (Å²) in [6, 6.07) is 9.11. The Hall–Kier alpha value is -1.89. The number of carbonyl (C=O) groups is 2. The highest BCUT2D eigenvalue weighted by molar-refractivity contribution is 7.91. The predicted octanol–water partition coefficient (Wildman–Crippen LogP) is 0.579. The van der Waals surface area contributed by atoms with Crippen molar-refractivity contribution in [2.45, 2.75) is 18.9 Å². The van der Waals surface area contributed by atoms with Crippen LogP contribution in [0.5, 0.6) is 0 Å². The van der Waals surface area contributed by atoms with Gasteiger partial charge >= 0.3 is 5.97 Å². The van der Waals surface area contributed by atoms with Crippen LogP contribution in [0.15, 0.2) is 30.3 Å². The molecule has 0 spiro atoms. The van der Waals surface area contributed by atoms with Crippen LogP contribution in [0, 0.1) is 5.92 Å². The van der Waals surface area contributed by atoms with Crippen molar-refractivity contribution in [3.63, 3.8) is 0 Å². The standard InChI is InChI=1S/C14H17NO5S/c1-10-13(17)15(14(10)21(2,18)19)8-12(16)20-9-11-6-4-3-5-7-11/h3-7,10,14H,8-9H2,1-2H3/t10-,14+/m1/s1. The van der Waals surface area contributed by atoms with E-state index in [0.29, 0.717) is 0 Å². The summed E-state index contributed by atoms with van der Waals surface area (Å²) in [6.07, 6.45) is 1.06. The van der Waals surface area contributed by atoms with Crippen LogP contribution >= 0.6 is 0 Å². The molecule has 1 amide bonds. The molecule has 1 aromatic rings. The molecule has 1 aliphatic heterocycles. The Balaban J connectivity index is 1.92. The van der Waals surface area contributed by atoms with E-state index in [1.54, 1.807) is 6.92 Å². The van der Waals surface area contributed by atoms with Gasteiger partial charge in [-0.2, -0.15) is 0 Å². The molecule has 0 saturated carbocycles. The zero-order valence-electron chi connectivity index (χ0n) is 11.9. The number of hydrogen-bond acceptors (Lipinski definition) is 5. The maximum absolute atomic E-state index is 11.7. The Morgan fingerprint density at radius 2 is 1.90 bits per heavy atom. The fraction of sp³-hybridized carbons (Fsp3) is 0.429. The van der Waals surface area contributed by atoms with Crippen molar-refractivity contribution in [2.24, 2.45) is 5.92 Å². The lowest BCUT2D eigenvalue weighted by Gasteiger charge is -2.43. The number of benzene rings is 1. The van der Waals surface area contributed by atoms with Gasteiger partial charge in [-0.3, -0.25) is 9.59 Å². The number of amides is 1. The second-order valence-electron chi connectivity index (χ2n) is 5.12. The average Bonchev–Trinajstić information content (AvgIpc) is 2.44. The van der Waals surface area contributed by atoms with Crippen LogP contribution in [-0.2, 0) is 30.8 Å². The van der Waals surface area contributed by atoms with E-state index >= 15 is 0 Å². The lowest BCUT2D eigenvalue weighted by atomic mass is 10.0. The molecule has 1 fully saturated rings. The van der Waals surface area contributed by atoms with Gasteiger partial charge in [0.1, 0.15) is 18.5 Å². The van der Waals surface area contributed by atoms with Crippen molar-refractivity contribution >= 4 is 21.7 Å². The van der Waals surface area contributed by atoms with E-state index in [9.17, 15) is 18.0 Å². The van der Waals surface area contributed by atoms with Crippen LogP contribution in [0.2, 0.25) is 0 Å². The number of hydrogen-bond donors (Lipinski definition) is 0. The third-order valence-electron chi connectivity index (χ3n) is 3.39. The molecule has 1 aliphatic rings. The van der Waals surface area contributed by atoms with E-state index in [0.717, 1.165) is 16.7 Å². The van der Waals surface area contributed by atoms with Crippen LogP contribution in [0.3, 0.4) is 0 Å². The van der Waals surface area contributed by atoms with Gasteiger partial charge in [0.25, 0.3) is 0 Å². The summed E-state index contributed by atoms with van der Waals surface area (Å²) in [4.78, 5) is 24.5. The minimum absolute atomic E-state index is 0.0980. The minimum atomic E-state index is -3.41. The molecular formula is C14H17NO5S. The lowest BCUT2D eigenvalue weighted by molar-refractivity contribution is -0.160. The van der Waals surface area contributed by atoms with Crippen LogP contribution < -0.4 is 0 Å². The Labute approximate surface area is 123 Å². The summed E-state index contributed by atoms with van der Waals surface area (Å²) in [6.45, 7) is 1.30. The van der Waals surface area contributed by atoms with Crippen molar-refractivity contribution in [3.8, 4) is 0 Å². The first-order chi connectivity index (χ1) is 9.80.